The molecule has 1 fully saturated rings. The number of rotatable bonds is 8. The molecule has 15 heteroatoms. The van der Waals surface area contributed by atoms with E-state index in [2.05, 4.69) is 64.9 Å². The molecule has 3 heterocycles. The Morgan fingerprint density at radius 1 is 1.13 bits per heavy atom. The summed E-state index contributed by atoms with van der Waals surface area (Å²) < 4.78 is 57.8. The molecule has 0 aromatic carbocycles. The lowest BCUT2D eigenvalue weighted by Crippen LogP contribution is -2.59. The number of nitrogens with zero attached hydrogens (tertiary/aromatic N) is 3. The second-order valence-electron chi connectivity index (χ2n) is 13.1. The molecule has 3 rings (SSSR count). The molecule has 1 aromatic rings. The van der Waals surface area contributed by atoms with Crippen LogP contribution < -0.4 is 5.73 Å². The second-order valence-corrected chi connectivity index (χ2v) is 24.1. The summed E-state index contributed by atoms with van der Waals surface area (Å²) in [6, 6.07) is 0. The van der Waals surface area contributed by atoms with E-state index in [0.29, 0.717) is 0 Å². The van der Waals surface area contributed by atoms with E-state index in [1.165, 1.54) is 10.9 Å². The molecule has 0 aliphatic carbocycles. The van der Waals surface area contributed by atoms with Gasteiger partial charge in [-0.3, -0.25) is 0 Å². The minimum Gasteiger partial charge on any atom is -0.461 e. The average Bonchev–Trinajstić information content (AvgIpc) is 3.41. The van der Waals surface area contributed by atoms with Crippen molar-refractivity contribution in [2.24, 2.45) is 5.73 Å². The first-order valence-electron chi connectivity index (χ1n) is 13.1. The van der Waals surface area contributed by atoms with Crippen molar-refractivity contribution in [2.45, 2.75) is 109 Å². The van der Waals surface area contributed by atoms with Gasteiger partial charge >= 0.3 is 5.97 Å². The Hall–Kier alpha value is -1.63. The van der Waals surface area contributed by atoms with Crippen LogP contribution >= 0.6 is 0 Å². The molecule has 39 heavy (non-hydrogen) atoms. The maximum atomic E-state index is 12.9. The van der Waals surface area contributed by atoms with E-state index in [-0.39, 0.29) is 34.7 Å². The predicted molar refractivity (Wildman–Crippen MR) is 150 cm³/mol. The lowest BCUT2D eigenvalue weighted by Gasteiger charge is -2.43. The van der Waals surface area contributed by atoms with Crippen LogP contribution in [-0.2, 0) is 32.6 Å². The van der Waals surface area contributed by atoms with Crippen molar-refractivity contribution in [3.63, 3.8) is 0 Å². The Bertz CT molecular complexity index is 1220. The summed E-state index contributed by atoms with van der Waals surface area (Å²) in [5, 5.41) is 8.54. The third-order valence-electron chi connectivity index (χ3n) is 8.37. The van der Waals surface area contributed by atoms with E-state index in [1.807, 2.05) is 13.1 Å². The summed E-state index contributed by atoms with van der Waals surface area (Å²) in [5.41, 5.74) is 4.69. The van der Waals surface area contributed by atoms with Crippen molar-refractivity contribution in [1.29, 1.82) is 0 Å². The monoisotopic (exact) mass is 604 g/mol. The summed E-state index contributed by atoms with van der Waals surface area (Å²) in [6.07, 6.45) is -1.95. The Labute approximate surface area is 233 Å². The minimum absolute atomic E-state index is 0.0160. The van der Waals surface area contributed by atoms with Crippen molar-refractivity contribution < 1.29 is 35.7 Å². The van der Waals surface area contributed by atoms with Gasteiger partial charge in [-0.05, 0) is 43.2 Å². The maximum Gasteiger partial charge on any atom is 0.358 e. The van der Waals surface area contributed by atoms with E-state index in [1.54, 1.807) is 6.92 Å². The summed E-state index contributed by atoms with van der Waals surface area (Å²) in [7, 11) is -9.10. The van der Waals surface area contributed by atoms with Crippen LogP contribution in [0.2, 0.25) is 36.3 Å². The van der Waals surface area contributed by atoms with Crippen LogP contribution in [-0.4, -0.2) is 77.0 Å². The molecule has 0 saturated carbocycles. The van der Waals surface area contributed by atoms with E-state index < -0.39 is 56.8 Å². The molecular formula is C24H44N4O8SSi2. The van der Waals surface area contributed by atoms with Crippen molar-refractivity contribution in [3.8, 4) is 0 Å². The highest BCUT2D eigenvalue weighted by molar-refractivity contribution is 7.90. The molecule has 0 bridgehead atoms. The smallest absolute Gasteiger partial charge is 0.358 e. The Kier molecular flexibility index (Phi) is 8.45. The zero-order chi connectivity index (χ0) is 29.8. The number of aromatic nitrogens is 3. The van der Waals surface area contributed by atoms with Crippen molar-refractivity contribution >= 4 is 32.7 Å². The van der Waals surface area contributed by atoms with Crippen molar-refractivity contribution in [1.82, 2.24) is 15.0 Å². The fraction of sp³-hybridized carbons (Fsp3) is 0.792. The first kappa shape index (κ1) is 31.9. The number of nitrogens with two attached hydrogens (primary N) is 1. The standard InChI is InChI=1S/C24H44N4O8SSi2/c1-12-32-21(29)16-13-26-27-28(16)20-19(35-39(10,11)23(5,6)7)24(17(25)15-37(30,31)36-24)18(34-20)14-33-38(8,9)22(2,3)4/h13,15,18-20H,12,14,25H2,1-11H3/t18-,19+,20-,24-/m1/s1. The van der Waals surface area contributed by atoms with Gasteiger partial charge in [-0.1, -0.05) is 46.8 Å². The van der Waals surface area contributed by atoms with Gasteiger partial charge in [-0.25, -0.2) is 13.7 Å². The van der Waals surface area contributed by atoms with Gasteiger partial charge in [0, 0.05) is 0 Å². The summed E-state index contributed by atoms with van der Waals surface area (Å²) in [6.45, 7) is 22.5. The Morgan fingerprint density at radius 3 is 2.21 bits per heavy atom. The molecule has 4 atom stereocenters. The fourth-order valence-electron chi connectivity index (χ4n) is 3.97. The maximum absolute atomic E-state index is 12.9. The van der Waals surface area contributed by atoms with Crippen molar-refractivity contribution in [3.05, 3.63) is 23.0 Å². The number of ether oxygens (including phenoxy) is 2. The number of hydrogen-bond acceptors (Lipinski definition) is 11. The molecule has 222 valence electrons. The molecule has 2 aliphatic heterocycles. The van der Waals surface area contributed by atoms with E-state index in [0.717, 1.165) is 5.41 Å². The normalized spacial score (nSPS) is 27.7. The molecule has 0 radical (unpaired) electrons. The largest absolute Gasteiger partial charge is 0.461 e. The molecule has 0 amide bonds. The molecule has 1 aromatic heterocycles. The van der Waals surface area contributed by atoms with Gasteiger partial charge in [0.25, 0.3) is 10.1 Å². The Balaban J connectivity index is 2.20. The summed E-state index contributed by atoms with van der Waals surface area (Å²) >= 11 is 0. The van der Waals surface area contributed by atoms with Gasteiger partial charge in [0.1, 0.15) is 12.2 Å². The van der Waals surface area contributed by atoms with Gasteiger partial charge in [0.05, 0.1) is 30.5 Å². The minimum atomic E-state index is -4.17. The Morgan fingerprint density at radius 2 is 1.72 bits per heavy atom. The van der Waals surface area contributed by atoms with Gasteiger partial charge in [0.15, 0.2) is 34.2 Å². The zero-order valence-corrected chi connectivity index (χ0v) is 27.7. The van der Waals surface area contributed by atoms with Gasteiger partial charge in [-0.15, -0.1) is 5.10 Å². The van der Waals surface area contributed by atoms with E-state index in [9.17, 15) is 13.2 Å². The average molecular weight is 605 g/mol. The first-order chi connectivity index (χ1) is 17.6. The highest BCUT2D eigenvalue weighted by Crippen LogP contribution is 2.52. The SMILES string of the molecule is CCOC(=O)c1cnnn1[C@@H]1O[C@H](CO[Si](C)(C)C(C)(C)C)[C@@]2(OS(=O)(=O)C=C2N)[C@H]1O[Si](C)(C)C(C)(C)C. The van der Waals surface area contributed by atoms with Crippen molar-refractivity contribution in [2.75, 3.05) is 13.2 Å². The van der Waals surface area contributed by atoms with Crippen LogP contribution in [0.5, 0.6) is 0 Å². The van der Waals surface area contributed by atoms with Crippen LogP contribution in [0.15, 0.2) is 17.3 Å². The molecule has 2 aliphatic rings. The quantitative estimate of drug-likeness (QED) is 0.263. The molecule has 0 unspecified atom stereocenters. The van der Waals surface area contributed by atoms with Crippen LogP contribution in [0, 0.1) is 0 Å². The van der Waals surface area contributed by atoms with Crippen LogP contribution in [0.3, 0.4) is 0 Å². The number of carbonyl (C=O) groups is 1. The van der Waals surface area contributed by atoms with Gasteiger partial charge < -0.3 is 24.1 Å². The highest BCUT2D eigenvalue weighted by Gasteiger charge is 2.67. The molecule has 1 saturated heterocycles. The predicted octanol–water partition coefficient (Wildman–Crippen LogP) is 3.66. The van der Waals surface area contributed by atoms with Crippen LogP contribution in [0.25, 0.3) is 0 Å². The third-order valence-corrected chi connectivity index (χ3v) is 18.4. The number of hydrogen-bond donors (Lipinski definition) is 1. The second kappa shape index (κ2) is 10.3. The third kappa shape index (κ3) is 5.90. The van der Waals surface area contributed by atoms with E-state index in [4.69, 9.17) is 28.2 Å². The first-order valence-corrected chi connectivity index (χ1v) is 20.4. The number of esters is 1. The lowest BCUT2D eigenvalue weighted by molar-refractivity contribution is -0.0606. The topological polar surface area (TPSA) is 154 Å². The van der Waals surface area contributed by atoms with Crippen LogP contribution in [0.4, 0.5) is 0 Å². The molecule has 2 N–H and O–H groups in total. The molecular weight excluding hydrogens is 561 g/mol. The van der Waals surface area contributed by atoms with E-state index >= 15 is 0 Å². The zero-order valence-electron chi connectivity index (χ0n) is 24.9. The van der Waals surface area contributed by atoms with Gasteiger partial charge in [-0.2, -0.15) is 8.42 Å². The van der Waals surface area contributed by atoms with Crippen LogP contribution in [0.1, 0.15) is 65.2 Å². The van der Waals surface area contributed by atoms with Gasteiger partial charge in [0.2, 0.25) is 0 Å². The fourth-order valence-corrected chi connectivity index (χ4v) is 7.48. The molecule has 1 spiro atoms. The highest BCUT2D eigenvalue weighted by atomic mass is 32.2. The number of carbonyl (C=O) groups excluding carboxylic acids is 1. The summed E-state index contributed by atoms with van der Waals surface area (Å²) in [4.78, 5) is 12.8. The summed E-state index contributed by atoms with van der Waals surface area (Å²) in [5.74, 6) is -0.657. The lowest BCUT2D eigenvalue weighted by atomic mass is 9.89. The molecule has 12 nitrogen and oxygen atoms in total.